The lowest BCUT2D eigenvalue weighted by molar-refractivity contribution is 0.587. The molecule has 0 saturated heterocycles. The molecule has 0 N–H and O–H groups in total. The van der Waals surface area contributed by atoms with Crippen LogP contribution in [0.25, 0.3) is 11.1 Å². The minimum absolute atomic E-state index is 0.0818. The lowest BCUT2D eigenvalue weighted by Crippen LogP contribution is -1.92. The summed E-state index contributed by atoms with van der Waals surface area (Å²) in [6.07, 6.45) is 0. The standard InChI is InChI=1S/C13H8ClF3/c1-7-4-11(16)13(12(17)5-7)8-2-3-9(14)10(15)6-8/h2-6H,1H3. The summed E-state index contributed by atoms with van der Waals surface area (Å²) >= 11 is 5.51. The molecule has 4 heteroatoms. The van der Waals surface area contributed by atoms with Crippen LogP contribution in [0.2, 0.25) is 5.02 Å². The minimum Gasteiger partial charge on any atom is -0.206 e. The average molecular weight is 257 g/mol. The van der Waals surface area contributed by atoms with Gasteiger partial charge in [0.2, 0.25) is 0 Å². The third-order valence-corrected chi connectivity index (χ3v) is 2.70. The molecule has 0 aliphatic heterocycles. The molecule has 2 aromatic carbocycles. The SMILES string of the molecule is Cc1cc(F)c(-c2ccc(Cl)c(F)c2)c(F)c1. The van der Waals surface area contributed by atoms with Crippen molar-refractivity contribution >= 4 is 11.6 Å². The number of benzene rings is 2. The molecule has 0 spiro atoms. The summed E-state index contributed by atoms with van der Waals surface area (Å²) in [5.74, 6) is -2.14. The van der Waals surface area contributed by atoms with Gasteiger partial charge in [0, 0.05) is 0 Å². The molecule has 0 bridgehead atoms. The Bertz CT molecular complexity index is 556. The molecule has 0 unspecified atom stereocenters. The van der Waals surface area contributed by atoms with Crippen LogP contribution in [0, 0.1) is 24.4 Å². The first kappa shape index (κ1) is 12.0. The van der Waals surface area contributed by atoms with E-state index in [-0.39, 0.29) is 16.1 Å². The van der Waals surface area contributed by atoms with Crippen LogP contribution in [-0.4, -0.2) is 0 Å². The molecule has 0 aliphatic rings. The molecule has 0 fully saturated rings. The molecular formula is C13H8ClF3. The van der Waals surface area contributed by atoms with Crippen molar-refractivity contribution in [2.45, 2.75) is 6.92 Å². The number of hydrogen-bond donors (Lipinski definition) is 0. The van der Waals surface area contributed by atoms with Crippen LogP contribution in [0.4, 0.5) is 13.2 Å². The summed E-state index contributed by atoms with van der Waals surface area (Å²) < 4.78 is 40.5. The van der Waals surface area contributed by atoms with Gasteiger partial charge in [-0.1, -0.05) is 17.7 Å². The maximum absolute atomic E-state index is 13.6. The fourth-order valence-electron chi connectivity index (χ4n) is 1.63. The molecule has 0 saturated carbocycles. The zero-order valence-corrected chi connectivity index (χ0v) is 9.65. The van der Waals surface area contributed by atoms with E-state index in [1.54, 1.807) is 6.92 Å². The topological polar surface area (TPSA) is 0 Å². The lowest BCUT2D eigenvalue weighted by Gasteiger charge is -2.07. The van der Waals surface area contributed by atoms with Gasteiger partial charge in [0.1, 0.15) is 17.5 Å². The largest absolute Gasteiger partial charge is 0.206 e. The van der Waals surface area contributed by atoms with E-state index in [1.165, 1.54) is 24.3 Å². The van der Waals surface area contributed by atoms with Crippen molar-refractivity contribution in [3.63, 3.8) is 0 Å². The quantitative estimate of drug-likeness (QED) is 0.692. The predicted octanol–water partition coefficient (Wildman–Crippen LogP) is 4.73. The fraction of sp³-hybridized carbons (Fsp3) is 0.0769. The van der Waals surface area contributed by atoms with Crippen molar-refractivity contribution in [3.8, 4) is 11.1 Å². The predicted molar refractivity (Wildman–Crippen MR) is 61.5 cm³/mol. The van der Waals surface area contributed by atoms with Gasteiger partial charge in [-0.3, -0.25) is 0 Å². The molecule has 0 aromatic heterocycles. The van der Waals surface area contributed by atoms with Gasteiger partial charge < -0.3 is 0 Å². The molecule has 0 amide bonds. The maximum Gasteiger partial charge on any atom is 0.142 e. The Morgan fingerprint density at radius 3 is 2.00 bits per heavy atom. The molecule has 0 nitrogen and oxygen atoms in total. The second-order valence-corrected chi connectivity index (χ2v) is 4.14. The fourth-order valence-corrected chi connectivity index (χ4v) is 1.74. The first-order valence-electron chi connectivity index (χ1n) is 4.90. The van der Waals surface area contributed by atoms with Crippen LogP contribution < -0.4 is 0 Å². The van der Waals surface area contributed by atoms with Crippen molar-refractivity contribution in [3.05, 3.63) is 58.4 Å². The van der Waals surface area contributed by atoms with E-state index in [1.807, 2.05) is 0 Å². The van der Waals surface area contributed by atoms with E-state index in [2.05, 4.69) is 0 Å². The average Bonchev–Trinajstić information content (AvgIpc) is 2.21. The van der Waals surface area contributed by atoms with Crippen molar-refractivity contribution in [1.82, 2.24) is 0 Å². The second-order valence-electron chi connectivity index (χ2n) is 3.73. The minimum atomic E-state index is -0.718. The van der Waals surface area contributed by atoms with Crippen LogP contribution in [0.5, 0.6) is 0 Å². The number of aryl methyl sites for hydroxylation is 1. The molecule has 0 atom stereocenters. The lowest BCUT2D eigenvalue weighted by atomic mass is 10.0. The summed E-state index contributed by atoms with van der Waals surface area (Å²) in [7, 11) is 0. The smallest absolute Gasteiger partial charge is 0.142 e. The van der Waals surface area contributed by atoms with Crippen molar-refractivity contribution < 1.29 is 13.2 Å². The van der Waals surface area contributed by atoms with E-state index in [4.69, 9.17) is 11.6 Å². The van der Waals surface area contributed by atoms with E-state index in [9.17, 15) is 13.2 Å². The van der Waals surface area contributed by atoms with Gasteiger partial charge in [0.15, 0.2) is 0 Å². The van der Waals surface area contributed by atoms with E-state index >= 15 is 0 Å². The highest BCUT2D eigenvalue weighted by atomic mass is 35.5. The highest BCUT2D eigenvalue weighted by molar-refractivity contribution is 6.30. The van der Waals surface area contributed by atoms with Crippen LogP contribution in [0.15, 0.2) is 30.3 Å². The Hall–Kier alpha value is -1.48. The summed E-state index contributed by atoms with van der Waals surface area (Å²) in [6.45, 7) is 1.58. The Labute approximate surface area is 102 Å². The first-order chi connectivity index (χ1) is 7.99. The van der Waals surface area contributed by atoms with Crippen LogP contribution in [-0.2, 0) is 0 Å². The van der Waals surface area contributed by atoms with Gasteiger partial charge >= 0.3 is 0 Å². The Kier molecular flexibility index (Phi) is 3.11. The summed E-state index contributed by atoms with van der Waals surface area (Å²) in [5, 5.41) is -0.0818. The summed E-state index contributed by atoms with van der Waals surface area (Å²) in [5.41, 5.74) is 0.353. The molecule has 2 rings (SSSR count). The summed E-state index contributed by atoms with van der Waals surface area (Å²) in [4.78, 5) is 0. The highest BCUT2D eigenvalue weighted by Crippen LogP contribution is 2.29. The third-order valence-electron chi connectivity index (χ3n) is 2.39. The van der Waals surface area contributed by atoms with Gasteiger partial charge in [-0.25, -0.2) is 13.2 Å². The normalized spacial score (nSPS) is 10.6. The highest BCUT2D eigenvalue weighted by Gasteiger charge is 2.13. The van der Waals surface area contributed by atoms with E-state index in [0.717, 1.165) is 6.07 Å². The van der Waals surface area contributed by atoms with E-state index < -0.39 is 17.5 Å². The molecule has 0 aliphatic carbocycles. The monoisotopic (exact) mass is 256 g/mol. The molecule has 0 radical (unpaired) electrons. The van der Waals surface area contributed by atoms with Gasteiger partial charge in [-0.2, -0.15) is 0 Å². The first-order valence-corrected chi connectivity index (χ1v) is 5.28. The number of hydrogen-bond acceptors (Lipinski definition) is 0. The Morgan fingerprint density at radius 2 is 1.47 bits per heavy atom. The molecule has 2 aromatic rings. The zero-order chi connectivity index (χ0) is 12.6. The second kappa shape index (κ2) is 4.41. The zero-order valence-electron chi connectivity index (χ0n) is 8.90. The van der Waals surface area contributed by atoms with Crippen molar-refractivity contribution in [2.75, 3.05) is 0 Å². The number of rotatable bonds is 1. The summed E-state index contributed by atoms with van der Waals surface area (Å²) in [6, 6.07) is 6.06. The van der Waals surface area contributed by atoms with E-state index in [0.29, 0.717) is 5.56 Å². The van der Waals surface area contributed by atoms with Crippen LogP contribution in [0.1, 0.15) is 5.56 Å². The maximum atomic E-state index is 13.6. The van der Waals surface area contributed by atoms with Gasteiger partial charge in [0.25, 0.3) is 0 Å². The van der Waals surface area contributed by atoms with Crippen LogP contribution >= 0.6 is 11.6 Å². The Balaban J connectivity index is 2.64. The van der Waals surface area contributed by atoms with Gasteiger partial charge in [-0.15, -0.1) is 0 Å². The number of halogens is 4. The van der Waals surface area contributed by atoms with Gasteiger partial charge in [-0.05, 0) is 42.3 Å². The molecule has 0 heterocycles. The molecule has 88 valence electrons. The van der Waals surface area contributed by atoms with Crippen LogP contribution in [0.3, 0.4) is 0 Å². The molecule has 17 heavy (non-hydrogen) atoms. The molecular weight excluding hydrogens is 249 g/mol. The van der Waals surface area contributed by atoms with Gasteiger partial charge in [0.05, 0.1) is 10.6 Å². The third kappa shape index (κ3) is 2.29. The Morgan fingerprint density at radius 1 is 0.882 bits per heavy atom. The van der Waals surface area contributed by atoms with Crippen molar-refractivity contribution in [2.24, 2.45) is 0 Å². The van der Waals surface area contributed by atoms with Crippen molar-refractivity contribution in [1.29, 1.82) is 0 Å².